The first kappa shape index (κ1) is 20.2. The lowest BCUT2D eigenvalue weighted by atomic mass is 9.89. The molecule has 0 spiro atoms. The standard InChI is InChI=1S/C21H22F3NO3/c1-27-14-5-6-15(19(10-14)28-2)21(26)13-4-3-9-25(11-13)12-16-17(22)7-8-18(23)20(16)24/h5-8,10,13H,3-4,9,11-12H2,1-2H3/t13-/m0/s1. The number of ketones is 1. The number of hydrogen-bond donors (Lipinski definition) is 0. The quantitative estimate of drug-likeness (QED) is 0.544. The van der Waals surface area contributed by atoms with E-state index in [0.717, 1.165) is 12.1 Å². The lowest BCUT2D eigenvalue weighted by Crippen LogP contribution is -2.38. The molecule has 2 aromatic carbocycles. The molecule has 1 aliphatic rings. The summed E-state index contributed by atoms with van der Waals surface area (Å²) in [6, 6.07) is 6.68. The Bertz CT molecular complexity index is 872. The average molecular weight is 393 g/mol. The molecule has 0 saturated carbocycles. The molecule has 0 aliphatic carbocycles. The lowest BCUT2D eigenvalue weighted by Gasteiger charge is -2.32. The van der Waals surface area contributed by atoms with Crippen LogP contribution in [0.5, 0.6) is 11.5 Å². The van der Waals surface area contributed by atoms with Gasteiger partial charge in [0, 0.05) is 30.6 Å². The number of carbonyl (C=O) groups is 1. The molecule has 1 saturated heterocycles. The van der Waals surface area contributed by atoms with E-state index in [4.69, 9.17) is 9.47 Å². The van der Waals surface area contributed by atoms with Crippen LogP contribution in [0.25, 0.3) is 0 Å². The zero-order chi connectivity index (χ0) is 20.3. The average Bonchev–Trinajstić information content (AvgIpc) is 2.73. The lowest BCUT2D eigenvalue weighted by molar-refractivity contribution is 0.0806. The normalized spacial score (nSPS) is 17.4. The molecule has 1 aliphatic heterocycles. The molecule has 1 fully saturated rings. The fraction of sp³-hybridized carbons (Fsp3) is 0.381. The van der Waals surface area contributed by atoms with Gasteiger partial charge in [-0.2, -0.15) is 0 Å². The van der Waals surface area contributed by atoms with Gasteiger partial charge < -0.3 is 9.47 Å². The summed E-state index contributed by atoms with van der Waals surface area (Å²) in [5, 5.41) is 0. The van der Waals surface area contributed by atoms with E-state index in [9.17, 15) is 18.0 Å². The van der Waals surface area contributed by atoms with Crippen molar-refractivity contribution in [1.29, 1.82) is 0 Å². The number of carbonyl (C=O) groups excluding carboxylic acids is 1. The number of piperidine rings is 1. The maximum absolute atomic E-state index is 14.0. The fourth-order valence-corrected chi connectivity index (χ4v) is 3.57. The molecule has 28 heavy (non-hydrogen) atoms. The van der Waals surface area contributed by atoms with E-state index in [-0.39, 0.29) is 23.8 Å². The van der Waals surface area contributed by atoms with E-state index in [1.807, 2.05) is 0 Å². The van der Waals surface area contributed by atoms with Crippen LogP contribution in [0.3, 0.4) is 0 Å². The van der Waals surface area contributed by atoms with Crippen LogP contribution in [0.2, 0.25) is 0 Å². The minimum Gasteiger partial charge on any atom is -0.497 e. The number of Topliss-reactive ketones (excluding diaryl/α,β-unsaturated/α-hetero) is 1. The van der Waals surface area contributed by atoms with E-state index in [0.29, 0.717) is 43.0 Å². The Morgan fingerprint density at radius 3 is 2.57 bits per heavy atom. The van der Waals surface area contributed by atoms with E-state index in [2.05, 4.69) is 0 Å². The first-order chi connectivity index (χ1) is 13.4. The van der Waals surface area contributed by atoms with Crippen molar-refractivity contribution < 1.29 is 27.4 Å². The maximum Gasteiger partial charge on any atom is 0.170 e. The predicted molar refractivity (Wildman–Crippen MR) is 98.2 cm³/mol. The summed E-state index contributed by atoms with van der Waals surface area (Å²) in [4.78, 5) is 14.8. The molecular weight excluding hydrogens is 371 g/mol. The summed E-state index contributed by atoms with van der Waals surface area (Å²) in [5.41, 5.74) is 0.133. The second-order valence-corrected chi connectivity index (χ2v) is 6.83. The predicted octanol–water partition coefficient (Wildman–Crippen LogP) is 4.22. The van der Waals surface area contributed by atoms with E-state index in [1.165, 1.54) is 14.2 Å². The van der Waals surface area contributed by atoms with Gasteiger partial charge in [0.15, 0.2) is 17.4 Å². The Morgan fingerprint density at radius 2 is 1.86 bits per heavy atom. The SMILES string of the molecule is COc1ccc(C(=O)[C@H]2CCCN(Cc3c(F)ccc(F)c3F)C2)c(OC)c1. The number of methoxy groups -OCH3 is 2. The van der Waals surface area contributed by atoms with Gasteiger partial charge in [-0.1, -0.05) is 0 Å². The van der Waals surface area contributed by atoms with Crippen molar-refractivity contribution in [2.75, 3.05) is 27.3 Å². The molecule has 3 rings (SSSR count). The number of hydrogen-bond acceptors (Lipinski definition) is 4. The largest absolute Gasteiger partial charge is 0.497 e. The fourth-order valence-electron chi connectivity index (χ4n) is 3.57. The maximum atomic E-state index is 14.0. The Balaban J connectivity index is 1.77. The van der Waals surface area contributed by atoms with Gasteiger partial charge in [0.1, 0.15) is 17.3 Å². The first-order valence-corrected chi connectivity index (χ1v) is 9.05. The van der Waals surface area contributed by atoms with Crippen molar-refractivity contribution in [2.45, 2.75) is 19.4 Å². The minimum absolute atomic E-state index is 0.0844. The summed E-state index contributed by atoms with van der Waals surface area (Å²) >= 11 is 0. The van der Waals surface area contributed by atoms with Gasteiger partial charge >= 0.3 is 0 Å². The van der Waals surface area contributed by atoms with Gasteiger partial charge in [0.25, 0.3) is 0 Å². The van der Waals surface area contributed by atoms with Gasteiger partial charge in [0.2, 0.25) is 0 Å². The molecule has 0 bridgehead atoms. The Labute approximate surface area is 161 Å². The number of halogens is 3. The van der Waals surface area contributed by atoms with Crippen molar-refractivity contribution in [2.24, 2.45) is 5.92 Å². The molecule has 4 nitrogen and oxygen atoms in total. The highest BCUT2D eigenvalue weighted by Crippen LogP contribution is 2.30. The molecule has 0 unspecified atom stereocenters. The van der Waals surface area contributed by atoms with Crippen LogP contribution in [0.15, 0.2) is 30.3 Å². The highest BCUT2D eigenvalue weighted by atomic mass is 19.2. The smallest absolute Gasteiger partial charge is 0.170 e. The van der Waals surface area contributed by atoms with Gasteiger partial charge in [0.05, 0.1) is 19.8 Å². The molecular formula is C21H22F3NO3. The topological polar surface area (TPSA) is 38.8 Å². The van der Waals surface area contributed by atoms with Crippen LogP contribution in [0.4, 0.5) is 13.2 Å². The van der Waals surface area contributed by atoms with E-state index < -0.39 is 17.5 Å². The van der Waals surface area contributed by atoms with Crippen molar-refractivity contribution in [3.63, 3.8) is 0 Å². The van der Waals surface area contributed by atoms with Gasteiger partial charge in [-0.25, -0.2) is 13.2 Å². The molecule has 0 N–H and O–H groups in total. The molecule has 1 heterocycles. The number of likely N-dealkylation sites (tertiary alicyclic amines) is 1. The summed E-state index contributed by atoms with van der Waals surface area (Å²) in [7, 11) is 3.01. The van der Waals surface area contributed by atoms with Crippen LogP contribution in [0, 0.1) is 23.4 Å². The van der Waals surface area contributed by atoms with Crippen LogP contribution in [-0.4, -0.2) is 38.0 Å². The Hall–Kier alpha value is -2.54. The summed E-state index contributed by atoms with van der Waals surface area (Å²) < 4.78 is 51.8. The van der Waals surface area contributed by atoms with Crippen molar-refractivity contribution in [3.8, 4) is 11.5 Å². The third-order valence-electron chi connectivity index (χ3n) is 5.07. The Morgan fingerprint density at radius 1 is 1.11 bits per heavy atom. The second-order valence-electron chi connectivity index (χ2n) is 6.83. The summed E-state index contributed by atoms with van der Waals surface area (Å²) in [6.45, 7) is 0.835. The molecule has 0 amide bonds. The third kappa shape index (κ3) is 4.14. The van der Waals surface area contributed by atoms with E-state index >= 15 is 0 Å². The molecule has 2 aromatic rings. The summed E-state index contributed by atoms with van der Waals surface area (Å²) in [6.07, 6.45) is 1.37. The molecule has 150 valence electrons. The van der Waals surface area contributed by atoms with Gasteiger partial charge in [-0.15, -0.1) is 0 Å². The molecule has 7 heteroatoms. The monoisotopic (exact) mass is 393 g/mol. The number of ether oxygens (including phenoxy) is 2. The number of nitrogens with zero attached hydrogens (tertiary/aromatic N) is 1. The Kier molecular flexibility index (Phi) is 6.24. The van der Waals surface area contributed by atoms with E-state index in [1.54, 1.807) is 23.1 Å². The van der Waals surface area contributed by atoms with Gasteiger partial charge in [-0.05, 0) is 43.7 Å². The molecule has 1 atom stereocenters. The van der Waals surface area contributed by atoms with Crippen LogP contribution >= 0.6 is 0 Å². The number of rotatable bonds is 6. The van der Waals surface area contributed by atoms with Crippen LogP contribution in [-0.2, 0) is 6.54 Å². The molecule has 0 aromatic heterocycles. The summed E-state index contributed by atoms with van der Waals surface area (Å²) in [5.74, 6) is -2.47. The zero-order valence-electron chi connectivity index (χ0n) is 15.8. The minimum atomic E-state index is -1.18. The van der Waals surface area contributed by atoms with Crippen molar-refractivity contribution in [3.05, 3.63) is 58.9 Å². The van der Waals surface area contributed by atoms with Crippen molar-refractivity contribution >= 4 is 5.78 Å². The highest BCUT2D eigenvalue weighted by Gasteiger charge is 2.29. The zero-order valence-corrected chi connectivity index (χ0v) is 15.8. The molecule has 0 radical (unpaired) electrons. The van der Waals surface area contributed by atoms with Crippen LogP contribution < -0.4 is 9.47 Å². The first-order valence-electron chi connectivity index (χ1n) is 9.05. The third-order valence-corrected chi connectivity index (χ3v) is 5.07. The van der Waals surface area contributed by atoms with Crippen LogP contribution in [0.1, 0.15) is 28.8 Å². The highest BCUT2D eigenvalue weighted by molar-refractivity contribution is 6.00. The van der Waals surface area contributed by atoms with Crippen molar-refractivity contribution in [1.82, 2.24) is 4.90 Å². The number of benzene rings is 2. The van der Waals surface area contributed by atoms with Gasteiger partial charge in [-0.3, -0.25) is 9.69 Å². The second kappa shape index (κ2) is 8.65.